The highest BCUT2D eigenvalue weighted by Gasteiger charge is 2.13. The molecular formula is C25H17ClFN3O. The quantitative estimate of drug-likeness (QED) is 0.334. The van der Waals surface area contributed by atoms with Crippen LogP contribution in [0.1, 0.15) is 0 Å². The van der Waals surface area contributed by atoms with Crippen molar-refractivity contribution >= 4 is 44.8 Å². The third-order valence-corrected chi connectivity index (χ3v) is 5.37. The molecule has 5 rings (SSSR count). The number of aromatic nitrogens is 2. The number of methoxy groups -OCH3 is 1. The van der Waals surface area contributed by atoms with Gasteiger partial charge in [-0.15, -0.1) is 0 Å². The van der Waals surface area contributed by atoms with Gasteiger partial charge in [0.1, 0.15) is 11.6 Å². The summed E-state index contributed by atoms with van der Waals surface area (Å²) in [4.78, 5) is 9.11. The molecule has 0 saturated carbocycles. The lowest BCUT2D eigenvalue weighted by molar-refractivity contribution is 0.415. The number of hydrogen-bond donors (Lipinski definition) is 1. The summed E-state index contributed by atoms with van der Waals surface area (Å²) in [6.45, 7) is 0. The van der Waals surface area contributed by atoms with Crippen LogP contribution in [-0.4, -0.2) is 17.1 Å². The second kappa shape index (κ2) is 7.85. The van der Waals surface area contributed by atoms with Gasteiger partial charge in [0.15, 0.2) is 0 Å². The van der Waals surface area contributed by atoms with E-state index in [9.17, 15) is 4.39 Å². The van der Waals surface area contributed by atoms with Gasteiger partial charge in [0.05, 0.1) is 29.5 Å². The molecule has 6 heteroatoms. The Hall–Kier alpha value is -3.70. The summed E-state index contributed by atoms with van der Waals surface area (Å²) in [5.74, 6) is 0.366. The summed E-state index contributed by atoms with van der Waals surface area (Å²) in [6.07, 6.45) is 1.74. The van der Waals surface area contributed by atoms with Crippen molar-refractivity contribution in [2.75, 3.05) is 12.4 Å². The highest BCUT2D eigenvalue weighted by Crippen LogP contribution is 2.34. The Morgan fingerprint density at radius 2 is 1.71 bits per heavy atom. The van der Waals surface area contributed by atoms with Gasteiger partial charge in [0.25, 0.3) is 0 Å². The standard InChI is InChI=1S/C25H17ClFN3O/c1-31-16-7-8-18-22(10-11-28-23(18)13-16)30-24-14-25(19-12-15(26)6-9-20(19)27)29-21-5-3-2-4-17(21)24/h2-14H,1H3,(H,28,29,30). The maximum atomic E-state index is 14.6. The normalized spacial score (nSPS) is 11.1. The molecule has 0 saturated heterocycles. The first kappa shape index (κ1) is 19.3. The zero-order chi connectivity index (χ0) is 21.4. The van der Waals surface area contributed by atoms with Crippen LogP contribution in [0.15, 0.2) is 79.0 Å². The Bertz CT molecular complexity index is 1440. The van der Waals surface area contributed by atoms with E-state index in [1.165, 1.54) is 12.1 Å². The van der Waals surface area contributed by atoms with Crippen LogP contribution in [0.25, 0.3) is 33.1 Å². The zero-order valence-corrected chi connectivity index (χ0v) is 17.3. The summed E-state index contributed by atoms with van der Waals surface area (Å²) < 4.78 is 19.9. The lowest BCUT2D eigenvalue weighted by Gasteiger charge is -2.14. The molecule has 1 N–H and O–H groups in total. The lowest BCUT2D eigenvalue weighted by Crippen LogP contribution is -1.97. The van der Waals surface area contributed by atoms with Crippen LogP contribution in [0.4, 0.5) is 15.8 Å². The van der Waals surface area contributed by atoms with E-state index in [1.807, 2.05) is 54.6 Å². The van der Waals surface area contributed by atoms with Gasteiger partial charge in [-0.2, -0.15) is 0 Å². The second-order valence-electron chi connectivity index (χ2n) is 7.06. The lowest BCUT2D eigenvalue weighted by atomic mass is 10.1. The first-order chi connectivity index (χ1) is 15.1. The van der Waals surface area contributed by atoms with Crippen molar-refractivity contribution in [3.63, 3.8) is 0 Å². The summed E-state index contributed by atoms with van der Waals surface area (Å²) >= 11 is 6.12. The van der Waals surface area contributed by atoms with E-state index in [4.69, 9.17) is 16.3 Å². The summed E-state index contributed by atoms with van der Waals surface area (Å²) in [5.41, 5.74) is 4.10. The van der Waals surface area contributed by atoms with Crippen LogP contribution < -0.4 is 10.1 Å². The number of fused-ring (bicyclic) bond motifs is 2. The molecule has 0 unspecified atom stereocenters. The number of hydrogen-bond acceptors (Lipinski definition) is 4. The van der Waals surface area contributed by atoms with Gasteiger partial charge < -0.3 is 10.1 Å². The Morgan fingerprint density at radius 3 is 2.58 bits per heavy atom. The molecule has 0 spiro atoms. The van der Waals surface area contributed by atoms with Crippen molar-refractivity contribution in [1.29, 1.82) is 0 Å². The van der Waals surface area contributed by atoms with Gasteiger partial charge in [-0.3, -0.25) is 4.98 Å². The number of nitrogens with one attached hydrogen (secondary N) is 1. The average molecular weight is 430 g/mol. The van der Waals surface area contributed by atoms with Crippen LogP contribution in [0.3, 0.4) is 0 Å². The summed E-state index contributed by atoms with van der Waals surface area (Å²) in [7, 11) is 1.63. The van der Waals surface area contributed by atoms with Crippen LogP contribution >= 0.6 is 11.6 Å². The van der Waals surface area contributed by atoms with E-state index in [2.05, 4.69) is 15.3 Å². The predicted octanol–water partition coefficient (Wildman–Crippen LogP) is 6.99. The topological polar surface area (TPSA) is 47.0 Å². The van der Waals surface area contributed by atoms with E-state index in [-0.39, 0.29) is 5.82 Å². The fourth-order valence-electron chi connectivity index (χ4n) is 3.62. The molecule has 31 heavy (non-hydrogen) atoms. The number of ether oxygens (including phenoxy) is 1. The van der Waals surface area contributed by atoms with Crippen LogP contribution in [0.2, 0.25) is 5.02 Å². The van der Waals surface area contributed by atoms with Crippen molar-refractivity contribution in [2.24, 2.45) is 0 Å². The Labute approximate surface area is 183 Å². The first-order valence-electron chi connectivity index (χ1n) is 9.67. The number of benzene rings is 3. The van der Waals surface area contributed by atoms with E-state index < -0.39 is 0 Å². The molecular weight excluding hydrogens is 413 g/mol. The summed E-state index contributed by atoms with van der Waals surface area (Å²) in [6, 6.07) is 21.7. The molecule has 0 aliphatic heterocycles. The van der Waals surface area contributed by atoms with Crippen LogP contribution in [-0.2, 0) is 0 Å². The summed E-state index contributed by atoms with van der Waals surface area (Å²) in [5, 5.41) is 5.82. The van der Waals surface area contributed by atoms with Gasteiger partial charge in [-0.1, -0.05) is 29.8 Å². The molecule has 4 nitrogen and oxygen atoms in total. The first-order valence-corrected chi connectivity index (χ1v) is 10.1. The number of para-hydroxylation sites is 1. The van der Waals surface area contributed by atoms with Gasteiger partial charge in [0.2, 0.25) is 0 Å². The number of pyridine rings is 2. The van der Waals surface area contributed by atoms with Gasteiger partial charge in [-0.05, 0) is 48.5 Å². The smallest absolute Gasteiger partial charge is 0.132 e. The highest BCUT2D eigenvalue weighted by atomic mass is 35.5. The minimum absolute atomic E-state index is 0.352. The number of halogens is 2. The number of rotatable bonds is 4. The fourth-order valence-corrected chi connectivity index (χ4v) is 3.79. The molecule has 3 aromatic carbocycles. The Morgan fingerprint density at radius 1 is 0.871 bits per heavy atom. The molecule has 0 aliphatic carbocycles. The second-order valence-corrected chi connectivity index (χ2v) is 7.50. The Balaban J connectivity index is 1.68. The zero-order valence-electron chi connectivity index (χ0n) is 16.6. The fraction of sp³-hybridized carbons (Fsp3) is 0.0400. The van der Waals surface area contributed by atoms with Gasteiger partial charge in [-0.25, -0.2) is 9.37 Å². The van der Waals surface area contributed by atoms with Crippen LogP contribution in [0, 0.1) is 5.82 Å². The molecule has 152 valence electrons. The van der Waals surface area contributed by atoms with E-state index in [0.717, 1.165) is 38.9 Å². The largest absolute Gasteiger partial charge is 0.497 e. The van der Waals surface area contributed by atoms with Crippen molar-refractivity contribution in [2.45, 2.75) is 0 Å². The maximum Gasteiger partial charge on any atom is 0.132 e. The monoisotopic (exact) mass is 429 g/mol. The SMILES string of the molecule is COc1ccc2c(Nc3cc(-c4cc(Cl)ccc4F)nc4ccccc34)ccnc2c1. The van der Waals surface area contributed by atoms with E-state index in [1.54, 1.807) is 19.4 Å². The van der Waals surface area contributed by atoms with Crippen molar-refractivity contribution < 1.29 is 9.13 Å². The molecule has 2 aromatic heterocycles. The molecule has 2 heterocycles. The highest BCUT2D eigenvalue weighted by molar-refractivity contribution is 6.30. The Kier molecular flexibility index (Phi) is 4.88. The van der Waals surface area contributed by atoms with Gasteiger partial charge >= 0.3 is 0 Å². The molecule has 0 aliphatic rings. The predicted molar refractivity (Wildman–Crippen MR) is 124 cm³/mol. The van der Waals surface area contributed by atoms with Crippen molar-refractivity contribution in [1.82, 2.24) is 9.97 Å². The third-order valence-electron chi connectivity index (χ3n) is 5.14. The number of anilines is 2. The average Bonchev–Trinajstić information content (AvgIpc) is 2.80. The van der Waals surface area contributed by atoms with E-state index in [0.29, 0.717) is 16.3 Å². The van der Waals surface area contributed by atoms with Crippen LogP contribution in [0.5, 0.6) is 5.75 Å². The van der Waals surface area contributed by atoms with Crippen molar-refractivity contribution in [3.05, 3.63) is 89.8 Å². The minimum atomic E-state index is -0.375. The maximum absolute atomic E-state index is 14.6. The molecule has 0 atom stereocenters. The molecule has 0 amide bonds. The molecule has 0 fully saturated rings. The third kappa shape index (κ3) is 3.64. The van der Waals surface area contributed by atoms with E-state index >= 15 is 0 Å². The molecule has 5 aromatic rings. The van der Waals surface area contributed by atoms with Crippen molar-refractivity contribution in [3.8, 4) is 17.0 Å². The minimum Gasteiger partial charge on any atom is -0.497 e. The molecule has 0 bridgehead atoms. The molecule has 0 radical (unpaired) electrons. The number of nitrogens with zero attached hydrogens (tertiary/aromatic N) is 2. The van der Waals surface area contributed by atoms with Gasteiger partial charge in [0, 0.05) is 39.3 Å².